The second kappa shape index (κ2) is 13.2. The van der Waals surface area contributed by atoms with E-state index in [2.05, 4.69) is 33.6 Å². The molecule has 4 rings (SSSR count). The second-order valence-electron chi connectivity index (χ2n) is 9.96. The molecule has 2 N–H and O–H groups in total. The van der Waals surface area contributed by atoms with Crippen LogP contribution in [0.25, 0.3) is 11.4 Å². The van der Waals surface area contributed by atoms with Gasteiger partial charge in [0.05, 0.1) is 19.3 Å². The largest absolute Gasteiger partial charge is 0.493 e. The maximum atomic E-state index is 13.1. The van der Waals surface area contributed by atoms with Crippen LogP contribution in [0.2, 0.25) is 0 Å². The van der Waals surface area contributed by atoms with Gasteiger partial charge in [0.25, 0.3) is 0 Å². The first kappa shape index (κ1) is 28.1. The number of methoxy groups -OCH3 is 1. The fourth-order valence-corrected chi connectivity index (χ4v) is 4.53. The van der Waals surface area contributed by atoms with Crippen molar-refractivity contribution in [2.45, 2.75) is 46.3 Å². The molecule has 10 nitrogen and oxygen atoms in total. The van der Waals surface area contributed by atoms with Gasteiger partial charge in [-0.2, -0.15) is 0 Å². The van der Waals surface area contributed by atoms with Crippen molar-refractivity contribution in [2.75, 3.05) is 33.4 Å². The maximum Gasteiger partial charge on any atom is 0.242 e. The Bertz CT molecular complexity index is 1260. The number of rotatable bonds is 5. The number of benzene rings is 1. The molecule has 0 spiro atoms. The van der Waals surface area contributed by atoms with Gasteiger partial charge in [-0.05, 0) is 42.2 Å². The first-order chi connectivity index (χ1) is 18.9. The SMILES string of the molecule is CCc1ccc(CN2CCOc3cc(ccc3OC)-c3nccn3CCNC(=O)[C@@H](C(C)C)NC(=O)C2)nc1. The molecule has 10 heteroatoms. The molecule has 1 aromatic carbocycles. The predicted octanol–water partition coefficient (Wildman–Crippen LogP) is 2.67. The lowest BCUT2D eigenvalue weighted by atomic mass is 10.0. The minimum absolute atomic E-state index is 0.0752. The van der Waals surface area contributed by atoms with Gasteiger partial charge in [0.2, 0.25) is 11.8 Å². The summed E-state index contributed by atoms with van der Waals surface area (Å²) in [6, 6.07) is 9.10. The minimum atomic E-state index is -0.644. The number of nitrogens with zero attached hydrogens (tertiary/aromatic N) is 4. The summed E-state index contributed by atoms with van der Waals surface area (Å²) in [6.45, 7) is 8.21. The van der Waals surface area contributed by atoms with Crippen LogP contribution in [0.3, 0.4) is 0 Å². The Kier molecular flexibility index (Phi) is 9.54. The summed E-state index contributed by atoms with van der Waals surface area (Å²) in [5.74, 6) is 1.46. The third-order valence-corrected chi connectivity index (χ3v) is 6.77. The van der Waals surface area contributed by atoms with E-state index in [0.29, 0.717) is 44.3 Å². The predicted molar refractivity (Wildman–Crippen MR) is 148 cm³/mol. The van der Waals surface area contributed by atoms with Crippen LogP contribution in [-0.2, 0) is 29.1 Å². The molecule has 0 unspecified atom stereocenters. The smallest absolute Gasteiger partial charge is 0.242 e. The molecule has 0 aliphatic carbocycles. The Morgan fingerprint density at radius 1 is 1.15 bits per heavy atom. The molecule has 1 atom stereocenters. The number of carbonyl (C=O) groups excluding carboxylic acids is 2. The fourth-order valence-electron chi connectivity index (χ4n) is 4.53. The van der Waals surface area contributed by atoms with E-state index in [1.54, 1.807) is 13.3 Å². The number of imidazole rings is 1. The molecule has 2 bridgehead atoms. The lowest BCUT2D eigenvalue weighted by molar-refractivity contribution is -0.130. The number of aryl methyl sites for hydroxylation is 1. The number of carbonyl (C=O) groups is 2. The van der Waals surface area contributed by atoms with Crippen molar-refractivity contribution in [3.8, 4) is 22.9 Å². The number of pyridine rings is 1. The van der Waals surface area contributed by atoms with Crippen molar-refractivity contribution in [3.63, 3.8) is 0 Å². The average molecular weight is 535 g/mol. The van der Waals surface area contributed by atoms with E-state index >= 15 is 0 Å². The zero-order valence-corrected chi connectivity index (χ0v) is 23.1. The lowest BCUT2D eigenvalue weighted by Crippen LogP contribution is -2.52. The first-order valence-corrected chi connectivity index (χ1v) is 13.4. The highest BCUT2D eigenvalue weighted by molar-refractivity contribution is 5.88. The standard InChI is InChI=1S/C29H38N6O4/c1-5-21-6-8-23(32-17-21)18-34-14-15-39-25-16-22(7-9-24(25)38-4)28-30-10-12-35(28)13-11-31-29(37)27(20(2)3)33-26(36)19-34/h6-10,12,16-17,20,27H,5,11,13-15,18-19H2,1-4H3,(H,31,37)(H,33,36)/t27-/m1/s1. The Morgan fingerprint density at radius 2 is 2.00 bits per heavy atom. The van der Waals surface area contributed by atoms with Crippen LogP contribution in [0.5, 0.6) is 11.5 Å². The van der Waals surface area contributed by atoms with Gasteiger partial charge in [-0.3, -0.25) is 19.5 Å². The number of nitrogens with one attached hydrogen (secondary N) is 2. The molecule has 39 heavy (non-hydrogen) atoms. The molecule has 0 fully saturated rings. The van der Waals surface area contributed by atoms with E-state index < -0.39 is 6.04 Å². The van der Waals surface area contributed by atoms with Crippen LogP contribution in [-0.4, -0.2) is 70.6 Å². The normalized spacial score (nSPS) is 17.5. The Hall–Kier alpha value is -3.92. The molecular formula is C29H38N6O4. The summed E-state index contributed by atoms with van der Waals surface area (Å²) in [6.07, 6.45) is 6.38. The highest BCUT2D eigenvalue weighted by atomic mass is 16.5. The third-order valence-electron chi connectivity index (χ3n) is 6.77. The number of hydrogen-bond acceptors (Lipinski definition) is 7. The molecule has 3 heterocycles. The zero-order valence-electron chi connectivity index (χ0n) is 23.1. The monoisotopic (exact) mass is 534 g/mol. The highest BCUT2D eigenvalue weighted by Gasteiger charge is 2.25. The van der Waals surface area contributed by atoms with Crippen LogP contribution < -0.4 is 20.1 Å². The number of amides is 2. The van der Waals surface area contributed by atoms with E-state index in [1.807, 2.05) is 60.0 Å². The van der Waals surface area contributed by atoms with E-state index in [4.69, 9.17) is 9.47 Å². The number of hydrogen-bond donors (Lipinski definition) is 2. The van der Waals surface area contributed by atoms with Gasteiger partial charge < -0.3 is 24.7 Å². The Balaban J connectivity index is 1.62. The quantitative estimate of drug-likeness (QED) is 0.518. The first-order valence-electron chi connectivity index (χ1n) is 13.4. The third kappa shape index (κ3) is 7.35. The van der Waals surface area contributed by atoms with Gasteiger partial charge in [-0.15, -0.1) is 0 Å². The summed E-state index contributed by atoms with van der Waals surface area (Å²) in [7, 11) is 1.61. The molecule has 2 aromatic heterocycles. The van der Waals surface area contributed by atoms with Gasteiger partial charge in [0, 0.05) is 50.3 Å². The summed E-state index contributed by atoms with van der Waals surface area (Å²) in [5, 5.41) is 5.91. The number of aromatic nitrogens is 3. The van der Waals surface area contributed by atoms with E-state index in [-0.39, 0.29) is 24.3 Å². The van der Waals surface area contributed by atoms with Crippen molar-refractivity contribution in [2.24, 2.45) is 5.92 Å². The molecule has 2 amide bonds. The number of fused-ring (bicyclic) bond motifs is 4. The van der Waals surface area contributed by atoms with Gasteiger partial charge in [-0.1, -0.05) is 26.8 Å². The van der Waals surface area contributed by atoms with Crippen molar-refractivity contribution in [1.29, 1.82) is 0 Å². The summed E-state index contributed by atoms with van der Waals surface area (Å²) < 4.78 is 13.7. The van der Waals surface area contributed by atoms with Crippen molar-refractivity contribution < 1.29 is 19.1 Å². The van der Waals surface area contributed by atoms with Gasteiger partial charge >= 0.3 is 0 Å². The summed E-state index contributed by atoms with van der Waals surface area (Å²) in [5.41, 5.74) is 2.89. The van der Waals surface area contributed by atoms with Crippen molar-refractivity contribution in [1.82, 2.24) is 30.1 Å². The van der Waals surface area contributed by atoms with Gasteiger partial charge in [0.1, 0.15) is 18.5 Å². The molecule has 0 saturated heterocycles. The second-order valence-corrected chi connectivity index (χ2v) is 9.96. The highest BCUT2D eigenvalue weighted by Crippen LogP contribution is 2.32. The van der Waals surface area contributed by atoms with Crippen LogP contribution in [0.15, 0.2) is 48.9 Å². The van der Waals surface area contributed by atoms with E-state index in [9.17, 15) is 9.59 Å². The van der Waals surface area contributed by atoms with Crippen molar-refractivity contribution in [3.05, 3.63) is 60.2 Å². The minimum Gasteiger partial charge on any atom is -0.493 e. The van der Waals surface area contributed by atoms with Gasteiger partial charge in [-0.25, -0.2) is 4.98 Å². The summed E-state index contributed by atoms with van der Waals surface area (Å²) >= 11 is 0. The van der Waals surface area contributed by atoms with Crippen molar-refractivity contribution >= 4 is 11.8 Å². The molecular weight excluding hydrogens is 496 g/mol. The maximum absolute atomic E-state index is 13.1. The zero-order chi connectivity index (χ0) is 27.8. The molecule has 0 radical (unpaired) electrons. The topological polar surface area (TPSA) is 111 Å². The average Bonchev–Trinajstić information content (AvgIpc) is 3.40. The van der Waals surface area contributed by atoms with Crippen LogP contribution in [0.1, 0.15) is 32.0 Å². The Labute approximate surface area is 229 Å². The van der Waals surface area contributed by atoms with Crippen LogP contribution in [0, 0.1) is 5.92 Å². The Morgan fingerprint density at radius 3 is 2.72 bits per heavy atom. The van der Waals surface area contributed by atoms with Gasteiger partial charge in [0.15, 0.2) is 11.5 Å². The fraction of sp³-hybridized carbons (Fsp3) is 0.448. The molecule has 3 aromatic rings. The van der Waals surface area contributed by atoms with E-state index in [1.165, 1.54) is 0 Å². The number of ether oxygens (including phenoxy) is 2. The summed E-state index contributed by atoms with van der Waals surface area (Å²) in [4.78, 5) is 37.2. The molecule has 1 aliphatic rings. The lowest BCUT2D eigenvalue weighted by Gasteiger charge is -2.25. The van der Waals surface area contributed by atoms with E-state index in [0.717, 1.165) is 29.1 Å². The molecule has 1 aliphatic heterocycles. The molecule has 0 saturated carbocycles. The van der Waals surface area contributed by atoms with Crippen LogP contribution in [0.4, 0.5) is 0 Å². The van der Waals surface area contributed by atoms with Crippen LogP contribution >= 0.6 is 0 Å². The molecule has 208 valence electrons.